The molecule has 0 spiro atoms. The standard InChI is InChI=1S/C14H23NO/c1-4-11(2)13-10-12(6-5-9-15)7-8-14(13)16-3/h7-8,10-11H,4-6,9,15H2,1-3H3. The summed E-state index contributed by atoms with van der Waals surface area (Å²) in [7, 11) is 1.74. The van der Waals surface area contributed by atoms with E-state index in [1.54, 1.807) is 7.11 Å². The van der Waals surface area contributed by atoms with Crippen molar-refractivity contribution in [1.82, 2.24) is 0 Å². The number of hydrogen-bond acceptors (Lipinski definition) is 2. The fourth-order valence-corrected chi connectivity index (χ4v) is 1.85. The summed E-state index contributed by atoms with van der Waals surface area (Å²) in [5.41, 5.74) is 8.21. The molecular weight excluding hydrogens is 198 g/mol. The van der Waals surface area contributed by atoms with Crippen molar-refractivity contribution in [2.75, 3.05) is 13.7 Å². The first-order chi connectivity index (χ1) is 7.72. The Labute approximate surface area is 98.8 Å². The molecule has 2 heteroatoms. The van der Waals surface area contributed by atoms with E-state index in [1.165, 1.54) is 11.1 Å². The zero-order chi connectivity index (χ0) is 12.0. The number of nitrogens with two attached hydrogens (primary N) is 1. The van der Waals surface area contributed by atoms with Crippen LogP contribution in [0, 0.1) is 0 Å². The van der Waals surface area contributed by atoms with Crippen LogP contribution in [0.3, 0.4) is 0 Å². The van der Waals surface area contributed by atoms with Gasteiger partial charge in [0, 0.05) is 0 Å². The van der Waals surface area contributed by atoms with Crippen molar-refractivity contribution in [2.24, 2.45) is 5.73 Å². The monoisotopic (exact) mass is 221 g/mol. The zero-order valence-electron chi connectivity index (χ0n) is 10.6. The second kappa shape index (κ2) is 6.54. The number of hydrogen-bond donors (Lipinski definition) is 1. The van der Waals surface area contributed by atoms with Gasteiger partial charge in [0.25, 0.3) is 0 Å². The van der Waals surface area contributed by atoms with Crippen molar-refractivity contribution in [3.63, 3.8) is 0 Å². The number of benzene rings is 1. The van der Waals surface area contributed by atoms with E-state index in [9.17, 15) is 0 Å². The Morgan fingerprint density at radius 3 is 2.69 bits per heavy atom. The summed E-state index contributed by atoms with van der Waals surface area (Å²) in [6, 6.07) is 6.48. The first-order valence-electron chi connectivity index (χ1n) is 6.09. The molecule has 0 aliphatic carbocycles. The summed E-state index contributed by atoms with van der Waals surface area (Å²) < 4.78 is 5.40. The molecule has 0 aliphatic rings. The van der Waals surface area contributed by atoms with E-state index in [1.807, 2.05) is 0 Å². The summed E-state index contributed by atoms with van der Waals surface area (Å²) in [6.45, 7) is 5.20. The van der Waals surface area contributed by atoms with Gasteiger partial charge in [-0.25, -0.2) is 0 Å². The van der Waals surface area contributed by atoms with E-state index < -0.39 is 0 Å². The van der Waals surface area contributed by atoms with Gasteiger partial charge in [0.05, 0.1) is 7.11 Å². The molecular formula is C14H23NO. The minimum Gasteiger partial charge on any atom is -0.496 e. The van der Waals surface area contributed by atoms with Gasteiger partial charge in [-0.05, 0) is 48.9 Å². The molecule has 0 radical (unpaired) electrons. The molecule has 90 valence electrons. The maximum atomic E-state index is 5.53. The SMILES string of the molecule is CCC(C)c1cc(CCCN)ccc1OC. The lowest BCUT2D eigenvalue weighted by molar-refractivity contribution is 0.405. The Bertz CT molecular complexity index is 323. The first-order valence-corrected chi connectivity index (χ1v) is 6.09. The Kier molecular flexibility index (Phi) is 5.33. The summed E-state index contributed by atoms with van der Waals surface area (Å²) >= 11 is 0. The van der Waals surface area contributed by atoms with Crippen LogP contribution in [0.1, 0.15) is 43.7 Å². The quantitative estimate of drug-likeness (QED) is 0.801. The molecule has 0 aliphatic heterocycles. The number of aryl methyl sites for hydroxylation is 1. The number of methoxy groups -OCH3 is 1. The normalized spacial score (nSPS) is 12.5. The van der Waals surface area contributed by atoms with Gasteiger partial charge in [0.2, 0.25) is 0 Å². The fraction of sp³-hybridized carbons (Fsp3) is 0.571. The molecule has 1 aromatic carbocycles. The first kappa shape index (κ1) is 13.0. The van der Waals surface area contributed by atoms with Gasteiger partial charge >= 0.3 is 0 Å². The van der Waals surface area contributed by atoms with Gasteiger partial charge in [-0.15, -0.1) is 0 Å². The molecule has 1 unspecified atom stereocenters. The number of rotatable bonds is 6. The molecule has 0 fully saturated rings. The average Bonchev–Trinajstić information content (AvgIpc) is 2.35. The predicted octanol–water partition coefficient (Wildman–Crippen LogP) is 3.10. The molecule has 0 aromatic heterocycles. The highest BCUT2D eigenvalue weighted by Gasteiger charge is 2.10. The topological polar surface area (TPSA) is 35.2 Å². The maximum absolute atomic E-state index is 5.53. The lowest BCUT2D eigenvalue weighted by Gasteiger charge is -2.15. The van der Waals surface area contributed by atoms with Crippen molar-refractivity contribution >= 4 is 0 Å². The predicted molar refractivity (Wildman–Crippen MR) is 69.1 cm³/mol. The van der Waals surface area contributed by atoms with Crippen LogP contribution in [0.2, 0.25) is 0 Å². The third kappa shape index (κ3) is 3.24. The van der Waals surface area contributed by atoms with Crippen LogP contribution < -0.4 is 10.5 Å². The second-order valence-corrected chi connectivity index (χ2v) is 4.28. The van der Waals surface area contributed by atoms with E-state index >= 15 is 0 Å². The highest BCUT2D eigenvalue weighted by molar-refractivity contribution is 5.39. The van der Waals surface area contributed by atoms with Crippen LogP contribution in [0.25, 0.3) is 0 Å². The van der Waals surface area contributed by atoms with Crippen LogP contribution in [0.5, 0.6) is 5.75 Å². The average molecular weight is 221 g/mol. The molecule has 1 rings (SSSR count). The maximum Gasteiger partial charge on any atom is 0.122 e. The summed E-state index contributed by atoms with van der Waals surface area (Å²) in [4.78, 5) is 0. The Balaban J connectivity index is 2.92. The van der Waals surface area contributed by atoms with Gasteiger partial charge in [-0.2, -0.15) is 0 Å². The van der Waals surface area contributed by atoms with Crippen molar-refractivity contribution in [1.29, 1.82) is 0 Å². The van der Waals surface area contributed by atoms with Crippen molar-refractivity contribution in [2.45, 2.75) is 39.0 Å². The van der Waals surface area contributed by atoms with Crippen molar-refractivity contribution in [3.8, 4) is 5.75 Å². The minimum absolute atomic E-state index is 0.549. The lowest BCUT2D eigenvalue weighted by atomic mass is 9.94. The largest absolute Gasteiger partial charge is 0.496 e. The van der Waals surface area contributed by atoms with Crippen LogP contribution in [-0.2, 0) is 6.42 Å². The van der Waals surface area contributed by atoms with E-state index in [0.717, 1.165) is 31.6 Å². The fourth-order valence-electron chi connectivity index (χ4n) is 1.85. The molecule has 0 saturated carbocycles. The van der Waals surface area contributed by atoms with Crippen LogP contribution in [-0.4, -0.2) is 13.7 Å². The van der Waals surface area contributed by atoms with E-state index in [2.05, 4.69) is 32.0 Å². The Morgan fingerprint density at radius 1 is 1.38 bits per heavy atom. The van der Waals surface area contributed by atoms with Crippen molar-refractivity contribution in [3.05, 3.63) is 29.3 Å². The second-order valence-electron chi connectivity index (χ2n) is 4.28. The van der Waals surface area contributed by atoms with Gasteiger partial charge in [0.15, 0.2) is 0 Å². The molecule has 2 nitrogen and oxygen atoms in total. The molecule has 0 saturated heterocycles. The molecule has 0 heterocycles. The van der Waals surface area contributed by atoms with Gasteiger partial charge < -0.3 is 10.5 Å². The Hall–Kier alpha value is -1.02. The molecule has 1 atom stereocenters. The summed E-state index contributed by atoms with van der Waals surface area (Å²) in [5, 5.41) is 0. The van der Waals surface area contributed by atoms with Gasteiger partial charge in [-0.3, -0.25) is 0 Å². The third-order valence-corrected chi connectivity index (χ3v) is 3.11. The van der Waals surface area contributed by atoms with Crippen LogP contribution >= 0.6 is 0 Å². The summed E-state index contributed by atoms with van der Waals surface area (Å²) in [6.07, 6.45) is 3.24. The van der Waals surface area contributed by atoms with Gasteiger partial charge in [0.1, 0.15) is 5.75 Å². The summed E-state index contributed by atoms with van der Waals surface area (Å²) in [5.74, 6) is 1.55. The molecule has 0 amide bonds. The number of ether oxygens (including phenoxy) is 1. The molecule has 1 aromatic rings. The minimum atomic E-state index is 0.549. The molecule has 2 N–H and O–H groups in total. The van der Waals surface area contributed by atoms with E-state index in [0.29, 0.717) is 5.92 Å². The van der Waals surface area contributed by atoms with Crippen LogP contribution in [0.15, 0.2) is 18.2 Å². The van der Waals surface area contributed by atoms with E-state index in [-0.39, 0.29) is 0 Å². The Morgan fingerprint density at radius 2 is 2.12 bits per heavy atom. The molecule has 16 heavy (non-hydrogen) atoms. The lowest BCUT2D eigenvalue weighted by Crippen LogP contribution is -2.02. The van der Waals surface area contributed by atoms with Crippen molar-refractivity contribution < 1.29 is 4.74 Å². The molecule has 0 bridgehead atoms. The third-order valence-electron chi connectivity index (χ3n) is 3.11. The van der Waals surface area contributed by atoms with Gasteiger partial charge in [-0.1, -0.05) is 26.0 Å². The smallest absolute Gasteiger partial charge is 0.122 e. The van der Waals surface area contributed by atoms with Crippen LogP contribution in [0.4, 0.5) is 0 Å². The highest BCUT2D eigenvalue weighted by atomic mass is 16.5. The highest BCUT2D eigenvalue weighted by Crippen LogP contribution is 2.29. The zero-order valence-corrected chi connectivity index (χ0v) is 10.6. The van der Waals surface area contributed by atoms with E-state index in [4.69, 9.17) is 10.5 Å².